The quantitative estimate of drug-likeness (QED) is 0.783. The second kappa shape index (κ2) is 7.64. The molecule has 1 aliphatic rings. The number of hydrogen-bond donors (Lipinski definition) is 2. The number of nitrogens with zero attached hydrogens (tertiary/aromatic N) is 1. The van der Waals surface area contributed by atoms with Crippen molar-refractivity contribution in [2.45, 2.75) is 25.3 Å². The lowest BCUT2D eigenvalue weighted by Crippen LogP contribution is -2.37. The Labute approximate surface area is 129 Å². The lowest BCUT2D eigenvalue weighted by molar-refractivity contribution is 0.0677. The zero-order valence-electron chi connectivity index (χ0n) is 11.9. The van der Waals surface area contributed by atoms with Crippen molar-refractivity contribution in [1.29, 1.82) is 0 Å². The van der Waals surface area contributed by atoms with Crippen LogP contribution in [-0.2, 0) is 0 Å². The van der Waals surface area contributed by atoms with Gasteiger partial charge in [-0.15, -0.1) is 0 Å². The van der Waals surface area contributed by atoms with Crippen LogP contribution in [0.5, 0.6) is 5.75 Å². The number of ether oxygens (including phenoxy) is 1. The van der Waals surface area contributed by atoms with Crippen LogP contribution in [0.1, 0.15) is 29.6 Å². The van der Waals surface area contributed by atoms with Crippen molar-refractivity contribution in [2.75, 3.05) is 26.3 Å². The number of amides is 1. The van der Waals surface area contributed by atoms with Crippen molar-refractivity contribution in [3.05, 3.63) is 28.8 Å². The van der Waals surface area contributed by atoms with Crippen LogP contribution in [-0.4, -0.2) is 48.3 Å². The molecular weight excluding hydrogens is 292 g/mol. The SMILES string of the molecule is NCCCOc1ccc(C(=O)N2CCC[C@@H]2CO)cc1Cl. The Bertz CT molecular complexity index is 496. The number of rotatable bonds is 6. The Balaban J connectivity index is 2.06. The largest absolute Gasteiger partial charge is 0.492 e. The smallest absolute Gasteiger partial charge is 0.254 e. The van der Waals surface area contributed by atoms with Gasteiger partial charge < -0.3 is 20.5 Å². The third-order valence-corrected chi connectivity index (χ3v) is 3.93. The second-order valence-corrected chi connectivity index (χ2v) is 5.52. The maximum atomic E-state index is 12.4. The first-order chi connectivity index (χ1) is 10.2. The van der Waals surface area contributed by atoms with Gasteiger partial charge in [0.15, 0.2) is 0 Å². The highest BCUT2D eigenvalue weighted by atomic mass is 35.5. The van der Waals surface area contributed by atoms with Gasteiger partial charge in [-0.2, -0.15) is 0 Å². The zero-order valence-corrected chi connectivity index (χ0v) is 12.7. The Hall–Kier alpha value is -1.30. The number of benzene rings is 1. The molecule has 1 aliphatic heterocycles. The third-order valence-electron chi connectivity index (χ3n) is 3.63. The van der Waals surface area contributed by atoms with Crippen molar-refractivity contribution >= 4 is 17.5 Å². The van der Waals surface area contributed by atoms with E-state index in [0.29, 0.717) is 36.0 Å². The van der Waals surface area contributed by atoms with E-state index in [2.05, 4.69) is 0 Å². The highest BCUT2D eigenvalue weighted by molar-refractivity contribution is 6.32. The molecule has 3 N–H and O–H groups in total. The summed E-state index contributed by atoms with van der Waals surface area (Å²) in [6.45, 7) is 1.74. The van der Waals surface area contributed by atoms with Crippen LogP contribution in [0.3, 0.4) is 0 Å². The molecule has 21 heavy (non-hydrogen) atoms. The molecule has 1 heterocycles. The molecule has 116 valence electrons. The number of carbonyl (C=O) groups is 1. The summed E-state index contributed by atoms with van der Waals surface area (Å²) in [5.74, 6) is 0.462. The Morgan fingerprint density at radius 3 is 3.00 bits per heavy atom. The third kappa shape index (κ3) is 3.87. The first kappa shape index (κ1) is 16.1. The summed E-state index contributed by atoms with van der Waals surface area (Å²) in [5, 5.41) is 9.72. The van der Waals surface area contributed by atoms with Crippen LogP contribution in [0, 0.1) is 0 Å². The highest BCUT2D eigenvalue weighted by Gasteiger charge is 2.29. The van der Waals surface area contributed by atoms with Crippen LogP contribution >= 0.6 is 11.6 Å². The molecule has 1 saturated heterocycles. The maximum Gasteiger partial charge on any atom is 0.254 e. The molecule has 2 rings (SSSR count). The molecule has 1 atom stereocenters. The molecule has 0 aliphatic carbocycles. The number of nitrogens with two attached hydrogens (primary N) is 1. The average Bonchev–Trinajstić information content (AvgIpc) is 2.96. The summed E-state index contributed by atoms with van der Waals surface area (Å²) >= 11 is 6.15. The predicted octanol–water partition coefficient (Wildman–Crippen LogP) is 1.66. The van der Waals surface area contributed by atoms with E-state index in [4.69, 9.17) is 22.1 Å². The normalized spacial score (nSPS) is 18.0. The molecule has 1 amide bonds. The maximum absolute atomic E-state index is 12.4. The van der Waals surface area contributed by atoms with E-state index in [1.54, 1.807) is 23.1 Å². The summed E-state index contributed by atoms with van der Waals surface area (Å²) in [6.07, 6.45) is 2.52. The van der Waals surface area contributed by atoms with Gasteiger partial charge in [-0.3, -0.25) is 4.79 Å². The lowest BCUT2D eigenvalue weighted by Gasteiger charge is -2.23. The van der Waals surface area contributed by atoms with Crippen molar-refractivity contribution in [3.63, 3.8) is 0 Å². The van der Waals surface area contributed by atoms with Crippen LogP contribution < -0.4 is 10.5 Å². The fourth-order valence-corrected chi connectivity index (χ4v) is 2.71. The van der Waals surface area contributed by atoms with Gasteiger partial charge in [-0.05, 0) is 44.0 Å². The Morgan fingerprint density at radius 2 is 2.33 bits per heavy atom. The number of aliphatic hydroxyl groups excluding tert-OH is 1. The van der Waals surface area contributed by atoms with E-state index in [9.17, 15) is 9.90 Å². The molecule has 0 aromatic heterocycles. The molecule has 0 spiro atoms. The van der Waals surface area contributed by atoms with Crippen LogP contribution in [0.25, 0.3) is 0 Å². The predicted molar refractivity (Wildman–Crippen MR) is 81.8 cm³/mol. The molecule has 0 bridgehead atoms. The summed E-state index contributed by atoms with van der Waals surface area (Å²) < 4.78 is 5.50. The van der Waals surface area contributed by atoms with E-state index in [-0.39, 0.29) is 18.6 Å². The van der Waals surface area contributed by atoms with Gasteiger partial charge in [0, 0.05) is 12.1 Å². The topological polar surface area (TPSA) is 75.8 Å². The van der Waals surface area contributed by atoms with Gasteiger partial charge in [-0.25, -0.2) is 0 Å². The fraction of sp³-hybridized carbons (Fsp3) is 0.533. The molecule has 0 radical (unpaired) electrons. The van der Waals surface area contributed by atoms with Gasteiger partial charge in [0.1, 0.15) is 5.75 Å². The van der Waals surface area contributed by atoms with Crippen molar-refractivity contribution in [2.24, 2.45) is 5.73 Å². The molecule has 1 fully saturated rings. The van der Waals surface area contributed by atoms with Crippen LogP contribution in [0.2, 0.25) is 5.02 Å². The van der Waals surface area contributed by atoms with E-state index < -0.39 is 0 Å². The van der Waals surface area contributed by atoms with Crippen molar-refractivity contribution in [1.82, 2.24) is 4.90 Å². The second-order valence-electron chi connectivity index (χ2n) is 5.11. The molecule has 6 heteroatoms. The fourth-order valence-electron chi connectivity index (χ4n) is 2.48. The first-order valence-electron chi connectivity index (χ1n) is 7.21. The number of carbonyl (C=O) groups excluding carboxylic acids is 1. The molecular formula is C15H21ClN2O3. The minimum absolute atomic E-state index is 0.000242. The summed E-state index contributed by atoms with van der Waals surface area (Å²) in [7, 11) is 0. The van der Waals surface area contributed by atoms with Gasteiger partial charge in [0.2, 0.25) is 0 Å². The number of hydrogen-bond acceptors (Lipinski definition) is 4. The molecule has 0 saturated carbocycles. The summed E-state index contributed by atoms with van der Waals surface area (Å²) in [6, 6.07) is 4.94. The molecule has 1 aromatic carbocycles. The minimum atomic E-state index is -0.0954. The van der Waals surface area contributed by atoms with Gasteiger partial charge in [0.05, 0.1) is 24.3 Å². The van der Waals surface area contributed by atoms with E-state index in [1.807, 2.05) is 0 Å². The standard InChI is InChI=1S/C15H21ClN2O3/c16-13-9-11(4-5-14(13)21-8-2-6-17)15(20)18-7-1-3-12(18)10-19/h4-5,9,12,19H,1-3,6-8,10,17H2/t12-/m1/s1. The highest BCUT2D eigenvalue weighted by Crippen LogP contribution is 2.27. The van der Waals surface area contributed by atoms with Gasteiger partial charge in [-0.1, -0.05) is 11.6 Å². The van der Waals surface area contributed by atoms with E-state index >= 15 is 0 Å². The van der Waals surface area contributed by atoms with E-state index in [0.717, 1.165) is 19.3 Å². The zero-order chi connectivity index (χ0) is 15.2. The molecule has 1 aromatic rings. The number of aliphatic hydroxyl groups is 1. The Morgan fingerprint density at radius 1 is 1.52 bits per heavy atom. The van der Waals surface area contributed by atoms with Crippen molar-refractivity contribution < 1.29 is 14.6 Å². The summed E-state index contributed by atoms with van der Waals surface area (Å²) in [5.41, 5.74) is 5.93. The number of halogens is 1. The van der Waals surface area contributed by atoms with Crippen LogP contribution in [0.4, 0.5) is 0 Å². The van der Waals surface area contributed by atoms with Crippen LogP contribution in [0.15, 0.2) is 18.2 Å². The average molecular weight is 313 g/mol. The van der Waals surface area contributed by atoms with E-state index in [1.165, 1.54) is 0 Å². The molecule has 5 nitrogen and oxygen atoms in total. The van der Waals surface area contributed by atoms with Gasteiger partial charge >= 0.3 is 0 Å². The minimum Gasteiger partial charge on any atom is -0.492 e. The Kier molecular flexibility index (Phi) is 5.85. The van der Waals surface area contributed by atoms with Crippen molar-refractivity contribution in [3.8, 4) is 5.75 Å². The monoisotopic (exact) mass is 312 g/mol. The molecule has 0 unspecified atom stereocenters. The lowest BCUT2D eigenvalue weighted by atomic mass is 10.1. The van der Waals surface area contributed by atoms with Gasteiger partial charge in [0.25, 0.3) is 5.91 Å². The summed E-state index contributed by atoms with van der Waals surface area (Å²) in [4.78, 5) is 14.1. The number of likely N-dealkylation sites (tertiary alicyclic amines) is 1. The first-order valence-corrected chi connectivity index (χ1v) is 7.59.